The number of anilines is 1. The van der Waals surface area contributed by atoms with Gasteiger partial charge in [0.1, 0.15) is 5.82 Å². The number of aromatic nitrogens is 4. The Morgan fingerprint density at radius 1 is 0.889 bits per heavy atom. The predicted octanol–water partition coefficient (Wildman–Crippen LogP) is 2.89. The van der Waals surface area contributed by atoms with Crippen molar-refractivity contribution < 1.29 is 0 Å². The van der Waals surface area contributed by atoms with E-state index >= 15 is 0 Å². The highest BCUT2D eigenvalue weighted by molar-refractivity contribution is 5.67. The van der Waals surface area contributed by atoms with E-state index in [1.54, 1.807) is 18.6 Å². The summed E-state index contributed by atoms with van der Waals surface area (Å²) in [6.07, 6.45) is 9.81. The molecule has 6 nitrogen and oxygen atoms in total. The van der Waals surface area contributed by atoms with Crippen LogP contribution in [0.15, 0.2) is 55.1 Å². The monoisotopic (exact) mass is 358 g/mol. The smallest absolute Gasteiger partial charge is 0.162 e. The molecule has 6 heteroatoms. The number of hydrogen-bond acceptors (Lipinski definition) is 6. The lowest BCUT2D eigenvalue weighted by molar-refractivity contribution is 0.230. The van der Waals surface area contributed by atoms with E-state index in [-0.39, 0.29) is 0 Å². The van der Waals surface area contributed by atoms with Crippen LogP contribution in [0.3, 0.4) is 0 Å². The summed E-state index contributed by atoms with van der Waals surface area (Å²) < 4.78 is 0. The molecule has 1 atom stereocenters. The average Bonchev–Trinajstić information content (AvgIpc) is 3.22. The Morgan fingerprint density at radius 3 is 2.67 bits per heavy atom. The van der Waals surface area contributed by atoms with Crippen molar-refractivity contribution in [1.82, 2.24) is 24.8 Å². The lowest BCUT2D eigenvalue weighted by Crippen LogP contribution is -2.50. The molecule has 0 bridgehead atoms. The molecule has 136 valence electrons. The standard InChI is InChI=1S/C21H22N6/c1-3-17(14-23-7-1)19-13-20(25-21(24-19)16-5-8-22-9-6-16)27-12-11-26-10-2-4-18(26)15-27/h1,3,5-9,13-14,18H,2,4,10-12,15H2/t18-/m1/s1. The Balaban J connectivity index is 1.56. The third kappa shape index (κ3) is 3.28. The maximum Gasteiger partial charge on any atom is 0.162 e. The second kappa shape index (κ2) is 7.04. The van der Waals surface area contributed by atoms with Gasteiger partial charge < -0.3 is 4.90 Å². The van der Waals surface area contributed by atoms with Gasteiger partial charge in [0.05, 0.1) is 5.69 Å². The van der Waals surface area contributed by atoms with Crippen molar-refractivity contribution in [2.24, 2.45) is 0 Å². The quantitative estimate of drug-likeness (QED) is 0.718. The molecule has 0 unspecified atom stereocenters. The molecule has 2 saturated heterocycles. The third-order valence-corrected chi connectivity index (χ3v) is 5.52. The minimum absolute atomic E-state index is 0.653. The van der Waals surface area contributed by atoms with Crippen molar-refractivity contribution in [3.05, 3.63) is 55.1 Å². The van der Waals surface area contributed by atoms with Crippen molar-refractivity contribution in [3.8, 4) is 22.6 Å². The van der Waals surface area contributed by atoms with E-state index in [0.717, 1.165) is 48.1 Å². The Bertz CT molecular complexity index is 857. The maximum absolute atomic E-state index is 4.92. The predicted molar refractivity (Wildman–Crippen MR) is 105 cm³/mol. The summed E-state index contributed by atoms with van der Waals surface area (Å²) in [4.78, 5) is 23.1. The van der Waals surface area contributed by atoms with Crippen molar-refractivity contribution in [1.29, 1.82) is 0 Å². The molecular weight excluding hydrogens is 336 g/mol. The van der Waals surface area contributed by atoms with Gasteiger partial charge in [0.25, 0.3) is 0 Å². The summed E-state index contributed by atoms with van der Waals surface area (Å²) >= 11 is 0. The molecule has 0 spiro atoms. The van der Waals surface area contributed by atoms with Gasteiger partial charge in [-0.2, -0.15) is 0 Å². The zero-order valence-corrected chi connectivity index (χ0v) is 15.2. The van der Waals surface area contributed by atoms with Crippen molar-refractivity contribution in [3.63, 3.8) is 0 Å². The van der Waals surface area contributed by atoms with Crippen LogP contribution in [-0.2, 0) is 0 Å². The fourth-order valence-corrected chi connectivity index (χ4v) is 4.09. The Hall–Kier alpha value is -2.86. The van der Waals surface area contributed by atoms with Crippen molar-refractivity contribution in [2.45, 2.75) is 18.9 Å². The van der Waals surface area contributed by atoms with Gasteiger partial charge in [-0.25, -0.2) is 9.97 Å². The van der Waals surface area contributed by atoms with Crippen LogP contribution in [0.4, 0.5) is 5.82 Å². The normalized spacial score (nSPS) is 19.9. The van der Waals surface area contributed by atoms with E-state index in [0.29, 0.717) is 6.04 Å². The Morgan fingerprint density at radius 2 is 1.81 bits per heavy atom. The lowest BCUT2D eigenvalue weighted by Gasteiger charge is -2.38. The van der Waals surface area contributed by atoms with Crippen LogP contribution in [0.5, 0.6) is 0 Å². The topological polar surface area (TPSA) is 58.0 Å². The second-order valence-electron chi connectivity index (χ2n) is 7.19. The molecule has 2 aliphatic heterocycles. The zero-order valence-electron chi connectivity index (χ0n) is 15.2. The highest BCUT2D eigenvalue weighted by Gasteiger charge is 2.31. The van der Waals surface area contributed by atoms with E-state index in [1.807, 2.05) is 30.5 Å². The molecule has 27 heavy (non-hydrogen) atoms. The van der Waals surface area contributed by atoms with Gasteiger partial charge in [-0.3, -0.25) is 14.9 Å². The summed E-state index contributed by atoms with van der Waals surface area (Å²) in [5.74, 6) is 1.74. The van der Waals surface area contributed by atoms with E-state index in [4.69, 9.17) is 9.97 Å². The minimum atomic E-state index is 0.653. The second-order valence-corrected chi connectivity index (χ2v) is 7.19. The molecular formula is C21H22N6. The van der Waals surface area contributed by atoms with Crippen LogP contribution in [0.2, 0.25) is 0 Å². The van der Waals surface area contributed by atoms with Crippen LogP contribution in [0, 0.1) is 0 Å². The number of piperazine rings is 1. The fourth-order valence-electron chi connectivity index (χ4n) is 4.09. The molecule has 0 aromatic carbocycles. The Labute approximate surface area is 158 Å². The number of rotatable bonds is 3. The maximum atomic E-state index is 4.92. The number of nitrogens with zero attached hydrogens (tertiary/aromatic N) is 6. The fraction of sp³-hybridized carbons (Fsp3) is 0.333. The summed E-state index contributed by atoms with van der Waals surface area (Å²) in [6.45, 7) is 4.40. The van der Waals surface area contributed by atoms with Gasteiger partial charge in [0, 0.05) is 67.7 Å². The molecule has 3 aromatic rings. The average molecular weight is 358 g/mol. The Kier molecular flexibility index (Phi) is 4.26. The highest BCUT2D eigenvalue weighted by atomic mass is 15.3. The molecule has 0 saturated carbocycles. The summed E-state index contributed by atoms with van der Waals surface area (Å²) in [6, 6.07) is 10.7. The highest BCUT2D eigenvalue weighted by Crippen LogP contribution is 2.29. The van der Waals surface area contributed by atoms with Gasteiger partial charge >= 0.3 is 0 Å². The van der Waals surface area contributed by atoms with Crippen molar-refractivity contribution in [2.75, 3.05) is 31.1 Å². The van der Waals surface area contributed by atoms with Crippen LogP contribution in [0.1, 0.15) is 12.8 Å². The van der Waals surface area contributed by atoms with Gasteiger partial charge in [-0.1, -0.05) is 0 Å². The number of pyridine rings is 2. The van der Waals surface area contributed by atoms with Crippen LogP contribution in [0.25, 0.3) is 22.6 Å². The molecule has 0 amide bonds. The summed E-state index contributed by atoms with van der Waals surface area (Å²) in [5.41, 5.74) is 2.90. The molecule has 0 aliphatic carbocycles. The van der Waals surface area contributed by atoms with E-state index in [1.165, 1.54) is 19.4 Å². The van der Waals surface area contributed by atoms with Gasteiger partial charge in [0.2, 0.25) is 0 Å². The lowest BCUT2D eigenvalue weighted by atomic mass is 10.1. The summed E-state index contributed by atoms with van der Waals surface area (Å²) in [7, 11) is 0. The molecule has 2 aliphatic rings. The van der Waals surface area contributed by atoms with E-state index < -0.39 is 0 Å². The van der Waals surface area contributed by atoms with Crippen LogP contribution in [-0.4, -0.2) is 57.1 Å². The van der Waals surface area contributed by atoms with Gasteiger partial charge in [-0.15, -0.1) is 0 Å². The molecule has 3 aromatic heterocycles. The molecule has 5 heterocycles. The van der Waals surface area contributed by atoms with Crippen LogP contribution >= 0.6 is 0 Å². The minimum Gasteiger partial charge on any atom is -0.354 e. The SMILES string of the molecule is c1cncc(-c2cc(N3CCN4CCC[C@@H]4C3)nc(-c3ccncc3)n2)c1. The number of fused-ring (bicyclic) bond motifs is 1. The molecule has 2 fully saturated rings. The number of hydrogen-bond donors (Lipinski definition) is 0. The third-order valence-electron chi connectivity index (χ3n) is 5.52. The van der Waals surface area contributed by atoms with E-state index in [2.05, 4.69) is 25.8 Å². The van der Waals surface area contributed by atoms with E-state index in [9.17, 15) is 0 Å². The zero-order chi connectivity index (χ0) is 18.1. The molecule has 0 radical (unpaired) electrons. The summed E-state index contributed by atoms with van der Waals surface area (Å²) in [5, 5.41) is 0. The first-order valence-corrected chi connectivity index (χ1v) is 9.56. The first kappa shape index (κ1) is 16.3. The molecule has 0 N–H and O–H groups in total. The first-order valence-electron chi connectivity index (χ1n) is 9.56. The van der Waals surface area contributed by atoms with Crippen LogP contribution < -0.4 is 4.90 Å². The largest absolute Gasteiger partial charge is 0.354 e. The molecule has 5 rings (SSSR count). The van der Waals surface area contributed by atoms with Gasteiger partial charge in [0.15, 0.2) is 5.82 Å². The van der Waals surface area contributed by atoms with Crippen molar-refractivity contribution >= 4 is 5.82 Å². The van der Waals surface area contributed by atoms with Gasteiger partial charge in [-0.05, 0) is 43.7 Å². The first-order chi connectivity index (χ1) is 13.4.